The molecule has 0 aliphatic rings. The van der Waals surface area contributed by atoms with E-state index in [0.29, 0.717) is 13.1 Å². The van der Waals surface area contributed by atoms with E-state index >= 15 is 0 Å². The van der Waals surface area contributed by atoms with Crippen LogP contribution in [-0.4, -0.2) is 35.0 Å². The van der Waals surface area contributed by atoms with Crippen LogP contribution in [0, 0.1) is 0 Å². The summed E-state index contributed by atoms with van der Waals surface area (Å²) < 4.78 is 0. The molecule has 4 nitrogen and oxygen atoms in total. The summed E-state index contributed by atoms with van der Waals surface area (Å²) in [6.07, 6.45) is 1.77. The molecule has 0 aromatic carbocycles. The minimum Gasteiger partial charge on any atom is -0.395 e. The highest BCUT2D eigenvalue weighted by molar-refractivity contribution is 7.13. The van der Waals surface area contributed by atoms with Crippen LogP contribution in [0.15, 0.2) is 18.2 Å². The molecule has 1 rings (SSSR count). The van der Waals surface area contributed by atoms with Crippen LogP contribution < -0.4 is 4.90 Å². The van der Waals surface area contributed by atoms with E-state index in [1.165, 1.54) is 11.3 Å². The minimum absolute atomic E-state index is 0.118. The average Bonchev–Trinajstić information content (AvgIpc) is 2.56. The molecule has 0 unspecified atom stereocenters. The van der Waals surface area contributed by atoms with Crippen molar-refractivity contribution in [3.05, 3.63) is 18.2 Å². The summed E-state index contributed by atoms with van der Waals surface area (Å²) in [5, 5.41) is 17.2. The Kier molecular flexibility index (Phi) is 3.69. The van der Waals surface area contributed by atoms with Crippen molar-refractivity contribution >= 4 is 16.5 Å². The highest BCUT2D eigenvalue weighted by atomic mass is 32.1. The standard InChI is InChI=1S/C7H11N3OS/c1-2-3-10(4-5-11)7-9-8-6-12-7/h2,6,11H,1,3-5H2. The van der Waals surface area contributed by atoms with Crippen LogP contribution in [0.5, 0.6) is 0 Å². The summed E-state index contributed by atoms with van der Waals surface area (Å²) in [5.74, 6) is 0. The van der Waals surface area contributed by atoms with Gasteiger partial charge in [-0.1, -0.05) is 17.4 Å². The van der Waals surface area contributed by atoms with Gasteiger partial charge in [0.1, 0.15) is 5.51 Å². The SMILES string of the molecule is C=CCN(CCO)c1nncs1. The number of aliphatic hydroxyl groups excluding tert-OH is 1. The lowest BCUT2D eigenvalue weighted by molar-refractivity contribution is 0.303. The van der Waals surface area contributed by atoms with Gasteiger partial charge in [0.05, 0.1) is 6.61 Å². The Morgan fingerprint density at radius 1 is 1.75 bits per heavy atom. The monoisotopic (exact) mass is 185 g/mol. The zero-order chi connectivity index (χ0) is 8.81. The van der Waals surface area contributed by atoms with E-state index in [9.17, 15) is 0 Å². The maximum Gasteiger partial charge on any atom is 0.208 e. The molecule has 0 aliphatic carbocycles. The quantitative estimate of drug-likeness (QED) is 0.679. The predicted molar refractivity (Wildman–Crippen MR) is 49.4 cm³/mol. The summed E-state index contributed by atoms with van der Waals surface area (Å²) in [5.41, 5.74) is 1.67. The van der Waals surface area contributed by atoms with Crippen LogP contribution >= 0.6 is 11.3 Å². The molecule has 1 N–H and O–H groups in total. The Morgan fingerprint density at radius 2 is 2.58 bits per heavy atom. The lowest BCUT2D eigenvalue weighted by Crippen LogP contribution is -2.26. The van der Waals surface area contributed by atoms with Gasteiger partial charge in [0, 0.05) is 13.1 Å². The number of hydrogen-bond donors (Lipinski definition) is 1. The Bertz CT molecular complexity index is 225. The maximum absolute atomic E-state index is 8.74. The Hall–Kier alpha value is -0.940. The van der Waals surface area contributed by atoms with E-state index in [1.54, 1.807) is 11.6 Å². The fourth-order valence-corrected chi connectivity index (χ4v) is 1.44. The fourth-order valence-electron chi connectivity index (χ4n) is 0.847. The molecule has 0 saturated heterocycles. The molecule has 0 fully saturated rings. The first kappa shape index (κ1) is 9.15. The normalized spacial score (nSPS) is 9.75. The highest BCUT2D eigenvalue weighted by Crippen LogP contribution is 2.14. The Morgan fingerprint density at radius 3 is 3.08 bits per heavy atom. The molecule has 0 spiro atoms. The van der Waals surface area contributed by atoms with Gasteiger partial charge in [-0.15, -0.1) is 16.8 Å². The van der Waals surface area contributed by atoms with Crippen LogP contribution in [0.4, 0.5) is 5.13 Å². The molecule has 1 aromatic rings. The summed E-state index contributed by atoms with van der Waals surface area (Å²) in [4.78, 5) is 1.92. The smallest absolute Gasteiger partial charge is 0.208 e. The average molecular weight is 185 g/mol. The third-order valence-corrected chi connectivity index (χ3v) is 2.09. The van der Waals surface area contributed by atoms with Gasteiger partial charge < -0.3 is 10.0 Å². The van der Waals surface area contributed by atoms with Crippen molar-refractivity contribution in [3.63, 3.8) is 0 Å². The van der Waals surface area contributed by atoms with E-state index in [2.05, 4.69) is 16.8 Å². The number of nitrogens with zero attached hydrogens (tertiary/aromatic N) is 3. The second-order valence-corrected chi connectivity index (χ2v) is 2.99. The largest absolute Gasteiger partial charge is 0.395 e. The van der Waals surface area contributed by atoms with Gasteiger partial charge >= 0.3 is 0 Å². The maximum atomic E-state index is 8.74. The van der Waals surface area contributed by atoms with Crippen LogP contribution in [0.25, 0.3) is 0 Å². The van der Waals surface area contributed by atoms with Crippen molar-refractivity contribution in [2.75, 3.05) is 24.6 Å². The zero-order valence-electron chi connectivity index (χ0n) is 6.68. The van der Waals surface area contributed by atoms with Gasteiger partial charge in [-0.3, -0.25) is 0 Å². The number of rotatable bonds is 5. The van der Waals surface area contributed by atoms with E-state index in [4.69, 9.17) is 5.11 Å². The molecule has 0 amide bonds. The van der Waals surface area contributed by atoms with Crippen molar-refractivity contribution < 1.29 is 5.11 Å². The molecular formula is C7H11N3OS. The number of anilines is 1. The van der Waals surface area contributed by atoms with E-state index in [0.717, 1.165) is 5.13 Å². The number of aromatic nitrogens is 2. The Balaban J connectivity index is 2.59. The molecule has 0 aliphatic heterocycles. The minimum atomic E-state index is 0.118. The number of aliphatic hydroxyl groups is 1. The van der Waals surface area contributed by atoms with Crippen LogP contribution in [0.1, 0.15) is 0 Å². The van der Waals surface area contributed by atoms with Crippen LogP contribution in [0.3, 0.4) is 0 Å². The lowest BCUT2D eigenvalue weighted by atomic mass is 10.5. The first-order valence-corrected chi connectivity index (χ1v) is 4.49. The second-order valence-electron chi connectivity index (χ2n) is 2.18. The van der Waals surface area contributed by atoms with Crippen molar-refractivity contribution in [2.24, 2.45) is 0 Å². The Labute approximate surface area is 75.2 Å². The number of hydrogen-bond acceptors (Lipinski definition) is 5. The summed E-state index contributed by atoms with van der Waals surface area (Å²) in [6, 6.07) is 0. The van der Waals surface area contributed by atoms with Gasteiger partial charge in [-0.05, 0) is 0 Å². The fraction of sp³-hybridized carbons (Fsp3) is 0.429. The molecule has 1 heterocycles. The van der Waals surface area contributed by atoms with Crippen molar-refractivity contribution in [3.8, 4) is 0 Å². The lowest BCUT2D eigenvalue weighted by Gasteiger charge is -2.17. The highest BCUT2D eigenvalue weighted by Gasteiger charge is 2.05. The van der Waals surface area contributed by atoms with Crippen molar-refractivity contribution in [1.29, 1.82) is 0 Å². The van der Waals surface area contributed by atoms with Crippen molar-refractivity contribution in [2.45, 2.75) is 0 Å². The first-order chi connectivity index (χ1) is 5.88. The van der Waals surface area contributed by atoms with Crippen LogP contribution in [-0.2, 0) is 0 Å². The van der Waals surface area contributed by atoms with Crippen LogP contribution in [0.2, 0.25) is 0 Å². The second kappa shape index (κ2) is 4.84. The zero-order valence-corrected chi connectivity index (χ0v) is 7.50. The van der Waals surface area contributed by atoms with Gasteiger partial charge in [0.25, 0.3) is 0 Å². The molecule has 0 radical (unpaired) electrons. The molecular weight excluding hydrogens is 174 g/mol. The molecule has 0 atom stereocenters. The van der Waals surface area contributed by atoms with Gasteiger partial charge in [0.2, 0.25) is 5.13 Å². The van der Waals surface area contributed by atoms with E-state index < -0.39 is 0 Å². The summed E-state index contributed by atoms with van der Waals surface area (Å²) in [7, 11) is 0. The topological polar surface area (TPSA) is 49.2 Å². The van der Waals surface area contributed by atoms with E-state index in [-0.39, 0.29) is 6.61 Å². The molecule has 5 heteroatoms. The summed E-state index contributed by atoms with van der Waals surface area (Å²) in [6.45, 7) is 5.01. The molecule has 0 bridgehead atoms. The predicted octanol–water partition coefficient (Wildman–Crippen LogP) is 0.523. The van der Waals surface area contributed by atoms with Crippen molar-refractivity contribution in [1.82, 2.24) is 10.2 Å². The van der Waals surface area contributed by atoms with Gasteiger partial charge in [0.15, 0.2) is 0 Å². The summed E-state index contributed by atoms with van der Waals surface area (Å²) >= 11 is 1.46. The third kappa shape index (κ3) is 2.28. The van der Waals surface area contributed by atoms with Gasteiger partial charge in [-0.2, -0.15) is 0 Å². The molecule has 66 valence electrons. The molecule has 0 saturated carbocycles. The van der Waals surface area contributed by atoms with E-state index in [1.807, 2.05) is 4.90 Å². The first-order valence-electron chi connectivity index (χ1n) is 3.61. The molecule has 1 aromatic heterocycles. The molecule has 12 heavy (non-hydrogen) atoms. The van der Waals surface area contributed by atoms with Gasteiger partial charge in [-0.25, -0.2) is 0 Å². The third-order valence-electron chi connectivity index (χ3n) is 1.34.